The zero-order chi connectivity index (χ0) is 10.7. The molecule has 1 aromatic rings. The summed E-state index contributed by atoms with van der Waals surface area (Å²) in [6.07, 6.45) is -0.278. The van der Waals surface area contributed by atoms with Crippen LogP contribution in [0.2, 0.25) is 10.0 Å². The molecule has 15 heavy (non-hydrogen) atoms. The number of hydrogen-bond donors (Lipinski definition) is 0. The molecule has 0 bridgehead atoms. The summed E-state index contributed by atoms with van der Waals surface area (Å²) in [5.41, 5.74) is 0. The van der Waals surface area contributed by atoms with Gasteiger partial charge >= 0.3 is 0 Å². The van der Waals surface area contributed by atoms with Crippen molar-refractivity contribution in [2.45, 2.75) is 6.29 Å². The fourth-order valence-electron chi connectivity index (χ4n) is 1.23. The first-order valence-electron chi connectivity index (χ1n) is 4.57. The largest absolute Gasteiger partial charge is 0.488 e. The average molecular weight is 249 g/mol. The molecular formula is C10H10Cl2O3. The summed E-state index contributed by atoms with van der Waals surface area (Å²) in [5.74, 6) is 0.656. The van der Waals surface area contributed by atoms with E-state index >= 15 is 0 Å². The highest BCUT2D eigenvalue weighted by atomic mass is 35.5. The number of hydrogen-bond acceptors (Lipinski definition) is 3. The van der Waals surface area contributed by atoms with Gasteiger partial charge in [-0.25, -0.2) is 0 Å². The number of halogens is 2. The lowest BCUT2D eigenvalue weighted by molar-refractivity contribution is -0.0684. The molecular weight excluding hydrogens is 239 g/mol. The molecule has 0 saturated carbocycles. The van der Waals surface area contributed by atoms with E-state index in [2.05, 4.69) is 0 Å². The highest BCUT2D eigenvalue weighted by Crippen LogP contribution is 2.26. The van der Waals surface area contributed by atoms with Crippen molar-refractivity contribution in [3.63, 3.8) is 0 Å². The molecule has 1 fully saturated rings. The Bertz CT molecular complexity index is 337. The molecule has 1 aliphatic rings. The molecule has 82 valence electrons. The third-order valence-corrected chi connectivity index (χ3v) is 2.71. The van der Waals surface area contributed by atoms with Crippen molar-refractivity contribution >= 4 is 23.2 Å². The second-order valence-corrected chi connectivity index (χ2v) is 3.87. The van der Waals surface area contributed by atoms with Crippen LogP contribution in [0.3, 0.4) is 0 Å². The Morgan fingerprint density at radius 2 is 1.93 bits per heavy atom. The van der Waals surface area contributed by atoms with Gasteiger partial charge in [0.05, 0.1) is 23.3 Å². The van der Waals surface area contributed by atoms with Crippen LogP contribution in [0, 0.1) is 0 Å². The van der Waals surface area contributed by atoms with Gasteiger partial charge in [-0.1, -0.05) is 23.2 Å². The average Bonchev–Trinajstić information content (AvgIpc) is 2.73. The van der Waals surface area contributed by atoms with Crippen LogP contribution in [0.15, 0.2) is 18.2 Å². The number of benzene rings is 1. The van der Waals surface area contributed by atoms with Gasteiger partial charge in [0, 0.05) is 6.07 Å². The van der Waals surface area contributed by atoms with Crippen molar-refractivity contribution < 1.29 is 14.2 Å². The summed E-state index contributed by atoms with van der Waals surface area (Å²) in [5, 5.41) is 0.986. The molecule has 0 amide bonds. The van der Waals surface area contributed by atoms with Crippen molar-refractivity contribution in [3.8, 4) is 5.75 Å². The van der Waals surface area contributed by atoms with Gasteiger partial charge in [-0.3, -0.25) is 0 Å². The molecule has 5 heteroatoms. The molecule has 0 spiro atoms. The molecule has 0 aliphatic carbocycles. The normalized spacial score (nSPS) is 16.9. The Hall–Kier alpha value is -0.480. The topological polar surface area (TPSA) is 27.7 Å². The Morgan fingerprint density at radius 1 is 1.20 bits per heavy atom. The van der Waals surface area contributed by atoms with E-state index in [1.165, 1.54) is 0 Å². The standard InChI is InChI=1S/C10H10Cl2O3/c11-8-2-1-7(5-9(8)12)15-6-10-13-3-4-14-10/h1-2,5,10H,3-4,6H2. The molecule has 1 aromatic carbocycles. The molecule has 0 radical (unpaired) electrons. The summed E-state index contributed by atoms with van der Waals surface area (Å²) in [6.45, 7) is 1.60. The van der Waals surface area contributed by atoms with Gasteiger partial charge in [0.15, 0.2) is 6.29 Å². The Morgan fingerprint density at radius 3 is 2.60 bits per heavy atom. The molecule has 1 heterocycles. The smallest absolute Gasteiger partial charge is 0.191 e. The Balaban J connectivity index is 1.90. The first-order valence-corrected chi connectivity index (χ1v) is 5.32. The van der Waals surface area contributed by atoms with Crippen LogP contribution in [0.1, 0.15) is 0 Å². The van der Waals surface area contributed by atoms with E-state index in [0.717, 1.165) is 0 Å². The number of rotatable bonds is 3. The van der Waals surface area contributed by atoms with Crippen molar-refractivity contribution in [2.75, 3.05) is 19.8 Å². The summed E-state index contributed by atoms with van der Waals surface area (Å²) in [4.78, 5) is 0. The van der Waals surface area contributed by atoms with E-state index in [1.54, 1.807) is 18.2 Å². The van der Waals surface area contributed by atoms with E-state index in [4.69, 9.17) is 37.4 Å². The van der Waals surface area contributed by atoms with Crippen molar-refractivity contribution in [1.29, 1.82) is 0 Å². The monoisotopic (exact) mass is 248 g/mol. The van der Waals surface area contributed by atoms with Crippen LogP contribution in [-0.4, -0.2) is 26.1 Å². The van der Waals surface area contributed by atoms with Crippen molar-refractivity contribution in [2.24, 2.45) is 0 Å². The van der Waals surface area contributed by atoms with E-state index in [0.29, 0.717) is 35.6 Å². The van der Waals surface area contributed by atoms with Gasteiger partial charge < -0.3 is 14.2 Å². The van der Waals surface area contributed by atoms with Gasteiger partial charge in [0.2, 0.25) is 0 Å². The Kier molecular flexibility index (Phi) is 3.70. The first-order chi connectivity index (χ1) is 7.25. The minimum atomic E-state index is -0.278. The van der Waals surface area contributed by atoms with Gasteiger partial charge in [-0.2, -0.15) is 0 Å². The molecule has 0 atom stereocenters. The van der Waals surface area contributed by atoms with E-state index in [-0.39, 0.29) is 6.29 Å². The maximum Gasteiger partial charge on any atom is 0.191 e. The van der Waals surface area contributed by atoms with Crippen LogP contribution in [0.25, 0.3) is 0 Å². The molecule has 0 unspecified atom stereocenters. The van der Waals surface area contributed by atoms with Crippen LogP contribution in [0.4, 0.5) is 0 Å². The van der Waals surface area contributed by atoms with Gasteiger partial charge in [-0.15, -0.1) is 0 Å². The molecule has 2 rings (SSSR count). The van der Waals surface area contributed by atoms with Gasteiger partial charge in [-0.05, 0) is 12.1 Å². The minimum absolute atomic E-state index is 0.278. The molecule has 1 saturated heterocycles. The fourth-order valence-corrected chi connectivity index (χ4v) is 1.52. The second kappa shape index (κ2) is 5.03. The first kappa shape index (κ1) is 11.0. The van der Waals surface area contributed by atoms with Crippen molar-refractivity contribution in [1.82, 2.24) is 0 Å². The van der Waals surface area contributed by atoms with E-state index in [9.17, 15) is 0 Å². The number of ether oxygens (including phenoxy) is 3. The maximum absolute atomic E-state index is 5.83. The van der Waals surface area contributed by atoms with Gasteiger partial charge in [0.1, 0.15) is 12.4 Å². The highest BCUT2D eigenvalue weighted by molar-refractivity contribution is 6.42. The van der Waals surface area contributed by atoms with Crippen molar-refractivity contribution in [3.05, 3.63) is 28.2 Å². The van der Waals surface area contributed by atoms with E-state index in [1.807, 2.05) is 0 Å². The third kappa shape index (κ3) is 2.98. The second-order valence-electron chi connectivity index (χ2n) is 3.06. The van der Waals surface area contributed by atoms with Crippen LogP contribution in [-0.2, 0) is 9.47 Å². The quantitative estimate of drug-likeness (QED) is 0.824. The van der Waals surface area contributed by atoms with E-state index < -0.39 is 0 Å². The lowest BCUT2D eigenvalue weighted by atomic mass is 10.3. The zero-order valence-electron chi connectivity index (χ0n) is 7.91. The van der Waals surface area contributed by atoms with Gasteiger partial charge in [0.25, 0.3) is 0 Å². The van der Waals surface area contributed by atoms with Crippen LogP contribution >= 0.6 is 23.2 Å². The van der Waals surface area contributed by atoms with Crippen LogP contribution < -0.4 is 4.74 Å². The molecule has 1 aliphatic heterocycles. The summed E-state index contributed by atoms with van der Waals surface area (Å²) < 4.78 is 15.9. The molecule has 3 nitrogen and oxygen atoms in total. The summed E-state index contributed by atoms with van der Waals surface area (Å²) in [7, 11) is 0. The van der Waals surface area contributed by atoms with Crippen LogP contribution in [0.5, 0.6) is 5.75 Å². The molecule has 0 N–H and O–H groups in total. The fraction of sp³-hybridized carbons (Fsp3) is 0.400. The predicted octanol–water partition coefficient (Wildman–Crippen LogP) is 2.75. The summed E-state index contributed by atoms with van der Waals surface area (Å²) >= 11 is 11.6. The third-order valence-electron chi connectivity index (χ3n) is 1.97. The lowest BCUT2D eigenvalue weighted by Crippen LogP contribution is -2.18. The zero-order valence-corrected chi connectivity index (χ0v) is 9.42. The predicted molar refractivity (Wildman–Crippen MR) is 57.6 cm³/mol. The Labute approximate surface area is 97.8 Å². The summed E-state index contributed by atoms with van der Waals surface area (Å²) in [6, 6.07) is 5.11. The maximum atomic E-state index is 5.83. The SMILES string of the molecule is Clc1ccc(OCC2OCCO2)cc1Cl. The molecule has 0 aromatic heterocycles. The lowest BCUT2D eigenvalue weighted by Gasteiger charge is -2.11. The highest BCUT2D eigenvalue weighted by Gasteiger charge is 2.16. The minimum Gasteiger partial charge on any atom is -0.488 e.